The maximum atomic E-state index is 9.43. The molecule has 1 nitrogen and oxygen atoms in total. The van der Waals surface area contributed by atoms with Crippen LogP contribution in [0, 0.1) is 0 Å². The van der Waals surface area contributed by atoms with Gasteiger partial charge < -0.3 is 4.90 Å². The van der Waals surface area contributed by atoms with Crippen molar-refractivity contribution in [3.05, 3.63) is 236 Å². The summed E-state index contributed by atoms with van der Waals surface area (Å²) in [5, 5.41) is 4.72. The van der Waals surface area contributed by atoms with Crippen LogP contribution in [0.2, 0.25) is 0 Å². The highest BCUT2D eigenvalue weighted by Gasteiger charge is 2.16. The van der Waals surface area contributed by atoms with Gasteiger partial charge >= 0.3 is 0 Å². The van der Waals surface area contributed by atoms with Gasteiger partial charge in [-0.25, -0.2) is 0 Å². The Labute approximate surface area is 340 Å². The first-order valence-electron chi connectivity index (χ1n) is 21.3. The zero-order chi connectivity index (χ0) is 41.5. The molecule has 0 unspecified atom stereocenters. The molecule has 10 rings (SSSR count). The van der Waals surface area contributed by atoms with Gasteiger partial charge in [0, 0.05) is 17.1 Å². The topological polar surface area (TPSA) is 3.24 Å². The second-order valence-corrected chi connectivity index (χ2v) is 14.2. The molecule has 10 aromatic carbocycles. The zero-order valence-electron chi connectivity index (χ0n) is 35.2. The fraction of sp³-hybridized carbons (Fsp3) is 0. The Kier molecular flexibility index (Phi) is 7.84. The molecule has 0 N–H and O–H groups in total. The summed E-state index contributed by atoms with van der Waals surface area (Å²) >= 11 is 0. The molecule has 1 heteroatoms. The van der Waals surface area contributed by atoms with Crippen molar-refractivity contribution in [1.29, 1.82) is 0 Å². The van der Waals surface area contributed by atoms with Crippen molar-refractivity contribution in [2.45, 2.75) is 0 Å². The molecule has 0 bridgehead atoms. The second-order valence-electron chi connectivity index (χ2n) is 14.2. The van der Waals surface area contributed by atoms with Crippen molar-refractivity contribution in [2.75, 3.05) is 4.90 Å². The fourth-order valence-corrected chi connectivity index (χ4v) is 7.91. The number of hydrogen-bond acceptors (Lipinski definition) is 1. The van der Waals surface area contributed by atoms with E-state index in [1.54, 1.807) is 0 Å². The van der Waals surface area contributed by atoms with Crippen molar-refractivity contribution in [1.82, 2.24) is 0 Å². The minimum Gasteiger partial charge on any atom is -0.311 e. The van der Waals surface area contributed by atoms with Crippen LogP contribution in [-0.4, -0.2) is 0 Å². The van der Waals surface area contributed by atoms with Crippen LogP contribution in [0.1, 0.15) is 5.48 Å². The van der Waals surface area contributed by atoms with Crippen molar-refractivity contribution in [3.63, 3.8) is 0 Å². The van der Waals surface area contributed by atoms with Gasteiger partial charge in [-0.15, -0.1) is 0 Å². The predicted octanol–water partition coefficient (Wildman–Crippen LogP) is 15.8. The van der Waals surface area contributed by atoms with E-state index in [1.165, 1.54) is 16.3 Å². The lowest BCUT2D eigenvalue weighted by Crippen LogP contribution is -2.09. The van der Waals surface area contributed by atoms with Crippen molar-refractivity contribution in [2.24, 2.45) is 0 Å². The molecule has 0 saturated heterocycles. The number of anilines is 3. The van der Waals surface area contributed by atoms with Crippen molar-refractivity contribution < 1.29 is 5.48 Å². The summed E-state index contributed by atoms with van der Waals surface area (Å²) in [6, 6.07) is 71.8. The number of nitrogens with zero attached hydrogens (tertiary/aromatic N) is 1. The first-order valence-corrected chi connectivity index (χ1v) is 19.3. The van der Waals surface area contributed by atoms with Gasteiger partial charge in [0.2, 0.25) is 0 Å². The molecule has 0 fully saturated rings. The predicted molar refractivity (Wildman–Crippen MR) is 243 cm³/mol. The first-order chi connectivity index (χ1) is 29.9. The highest BCUT2D eigenvalue weighted by molar-refractivity contribution is 6.04. The molecule has 0 saturated carbocycles. The highest BCUT2D eigenvalue weighted by Crippen LogP contribution is 2.42. The van der Waals surface area contributed by atoms with E-state index in [2.05, 4.69) is 152 Å². The van der Waals surface area contributed by atoms with Gasteiger partial charge in [0.1, 0.15) is 0 Å². The number of benzene rings is 10. The summed E-state index contributed by atoms with van der Waals surface area (Å²) in [6.45, 7) is 0. The zero-order valence-corrected chi connectivity index (χ0v) is 31.2. The normalized spacial score (nSPS) is 12.1. The van der Waals surface area contributed by atoms with Crippen LogP contribution in [0.4, 0.5) is 17.1 Å². The molecule has 0 amide bonds. The van der Waals surface area contributed by atoms with Gasteiger partial charge in [-0.3, -0.25) is 0 Å². The SMILES string of the molecule is [2H]c1c([2H])c(N(c2ccc(-c3ccc(-c4cccc5ccccc45)cc3)cc2)c2ccc(-c3c(-c4ccccc4)ccc4ccccc34)cc2)c([2H])c([2H])c1-c1ccccc1. The Morgan fingerprint density at radius 2 is 0.719 bits per heavy atom. The van der Waals surface area contributed by atoms with Crippen LogP contribution in [0.15, 0.2) is 236 Å². The van der Waals surface area contributed by atoms with E-state index in [0.717, 1.165) is 49.7 Å². The summed E-state index contributed by atoms with van der Waals surface area (Å²) in [5.74, 6) is 0. The van der Waals surface area contributed by atoms with Gasteiger partial charge in [0.25, 0.3) is 0 Å². The molecule has 0 radical (unpaired) electrons. The van der Waals surface area contributed by atoms with Crippen LogP contribution >= 0.6 is 0 Å². The minimum atomic E-state index is -0.113. The van der Waals surface area contributed by atoms with E-state index in [9.17, 15) is 5.48 Å². The van der Waals surface area contributed by atoms with Crippen molar-refractivity contribution in [3.8, 4) is 55.6 Å². The molecule has 0 atom stereocenters. The third-order valence-corrected chi connectivity index (χ3v) is 10.8. The highest BCUT2D eigenvalue weighted by atomic mass is 15.1. The lowest BCUT2D eigenvalue weighted by atomic mass is 9.89. The third-order valence-electron chi connectivity index (χ3n) is 10.8. The average Bonchev–Trinajstić information content (AvgIpc) is 3.33. The van der Waals surface area contributed by atoms with Gasteiger partial charge in [-0.1, -0.05) is 200 Å². The molecule has 0 aliphatic carbocycles. The molecule has 0 heterocycles. The smallest absolute Gasteiger partial charge is 0.0645 e. The number of fused-ring (bicyclic) bond motifs is 2. The van der Waals surface area contributed by atoms with Crippen molar-refractivity contribution >= 4 is 38.6 Å². The second kappa shape index (κ2) is 15.0. The van der Waals surface area contributed by atoms with Crippen LogP contribution < -0.4 is 4.90 Å². The van der Waals surface area contributed by atoms with Crippen LogP contribution in [0.5, 0.6) is 0 Å². The van der Waals surface area contributed by atoms with Gasteiger partial charge in [0.05, 0.1) is 5.48 Å². The van der Waals surface area contributed by atoms with E-state index in [0.29, 0.717) is 16.9 Å². The molecule has 0 aromatic heterocycles. The Hall–Kier alpha value is -7.48. The van der Waals surface area contributed by atoms with E-state index in [-0.39, 0.29) is 35.4 Å². The quantitative estimate of drug-likeness (QED) is 0.151. The standard InChI is InChI=1S/C56H39N/c1-3-12-40(13-4-1)42-26-33-49(34-27-42)57(50-35-28-43(29-36-50)41-22-24-47(25-23-41)53-21-11-18-44-16-7-9-19-52(44)53)51-37-30-48(31-38-51)56-54-20-10-8-17-46(54)32-39-55(56)45-14-5-2-6-15-45/h1-39H/i26D,27D,33D,34D. The summed E-state index contributed by atoms with van der Waals surface area (Å²) in [5.41, 5.74) is 11.4. The largest absolute Gasteiger partial charge is 0.311 e. The lowest BCUT2D eigenvalue weighted by Gasteiger charge is -2.26. The minimum absolute atomic E-state index is 0.0880. The molecule has 0 aliphatic rings. The summed E-state index contributed by atoms with van der Waals surface area (Å²) in [7, 11) is 0. The maximum absolute atomic E-state index is 9.43. The molecule has 268 valence electrons. The van der Waals surface area contributed by atoms with E-state index >= 15 is 0 Å². The molecular formula is C56H39N. The summed E-state index contributed by atoms with van der Waals surface area (Å²) in [6.07, 6.45) is 0. The Morgan fingerprint density at radius 1 is 0.263 bits per heavy atom. The molecule has 0 aliphatic heterocycles. The van der Waals surface area contributed by atoms with Gasteiger partial charge in [-0.05, 0) is 114 Å². The lowest BCUT2D eigenvalue weighted by molar-refractivity contribution is 1.28. The number of hydrogen-bond donors (Lipinski definition) is 0. The first kappa shape index (κ1) is 29.8. The molecule has 10 aromatic rings. The molecular weight excluding hydrogens is 687 g/mol. The van der Waals surface area contributed by atoms with Gasteiger partial charge in [-0.2, -0.15) is 0 Å². The monoisotopic (exact) mass is 729 g/mol. The molecule has 57 heavy (non-hydrogen) atoms. The van der Waals surface area contributed by atoms with Crippen LogP contribution in [0.3, 0.4) is 0 Å². The number of rotatable bonds is 8. The Balaban J connectivity index is 1.08. The average molecular weight is 730 g/mol. The van der Waals surface area contributed by atoms with E-state index in [1.807, 2.05) is 65.6 Å². The molecule has 0 spiro atoms. The van der Waals surface area contributed by atoms with E-state index < -0.39 is 0 Å². The van der Waals surface area contributed by atoms with Crippen LogP contribution in [0.25, 0.3) is 77.2 Å². The Morgan fingerprint density at radius 3 is 1.37 bits per heavy atom. The fourth-order valence-electron chi connectivity index (χ4n) is 7.91. The maximum Gasteiger partial charge on any atom is 0.0645 e. The Bertz CT molecular complexity index is 3170. The summed E-state index contributed by atoms with van der Waals surface area (Å²) < 4.78 is 37.3. The van der Waals surface area contributed by atoms with Gasteiger partial charge in [0.15, 0.2) is 0 Å². The van der Waals surface area contributed by atoms with Crippen LogP contribution in [-0.2, 0) is 0 Å². The van der Waals surface area contributed by atoms with E-state index in [4.69, 9.17) is 0 Å². The summed E-state index contributed by atoms with van der Waals surface area (Å²) in [4.78, 5) is 1.86. The third kappa shape index (κ3) is 6.66.